The van der Waals surface area contributed by atoms with Gasteiger partial charge in [0.1, 0.15) is 5.75 Å². The molecule has 0 aliphatic rings. The van der Waals surface area contributed by atoms with Gasteiger partial charge in [-0.25, -0.2) is 0 Å². The molecule has 3 nitrogen and oxygen atoms in total. The van der Waals surface area contributed by atoms with Crippen LogP contribution in [0.3, 0.4) is 0 Å². The number of nitrogens with two attached hydrogens (primary N) is 1. The lowest BCUT2D eigenvalue weighted by atomic mass is 10.3. The molecule has 0 amide bonds. The smallest absolute Gasteiger partial charge is 0.173 e. The highest BCUT2D eigenvalue weighted by molar-refractivity contribution is 5.50. The van der Waals surface area contributed by atoms with E-state index in [1.807, 2.05) is 0 Å². The molecule has 0 radical (unpaired) electrons. The van der Waals surface area contributed by atoms with Crippen molar-refractivity contribution in [2.24, 2.45) is 0 Å². The second-order valence-electron chi connectivity index (χ2n) is 1.80. The van der Waals surface area contributed by atoms with Crippen molar-refractivity contribution in [1.29, 1.82) is 5.41 Å². The number of nitrogen functional groups attached to an aromatic ring is 1. The van der Waals surface area contributed by atoms with E-state index in [0.29, 0.717) is 11.4 Å². The van der Waals surface area contributed by atoms with Crippen LogP contribution in [0.4, 0.5) is 5.69 Å². The van der Waals surface area contributed by atoms with Gasteiger partial charge in [0.25, 0.3) is 0 Å². The Balaban J connectivity index is 2.78. The highest BCUT2D eigenvalue weighted by atomic mass is 16.5. The first-order valence-corrected chi connectivity index (χ1v) is 2.84. The molecule has 52 valence electrons. The molecular formula is C7H8N2O. The van der Waals surface area contributed by atoms with E-state index in [9.17, 15) is 0 Å². The van der Waals surface area contributed by atoms with Crippen molar-refractivity contribution in [3.05, 3.63) is 24.3 Å². The highest BCUT2D eigenvalue weighted by Crippen LogP contribution is 2.11. The Morgan fingerprint density at radius 3 is 2.40 bits per heavy atom. The lowest BCUT2D eigenvalue weighted by molar-refractivity contribution is 0.570. The van der Waals surface area contributed by atoms with E-state index in [0.717, 1.165) is 6.40 Å². The van der Waals surface area contributed by atoms with E-state index in [1.165, 1.54) is 0 Å². The minimum atomic E-state index is 0.629. The fourth-order valence-corrected chi connectivity index (χ4v) is 0.614. The SMILES string of the molecule is N=COc1ccc(N)cc1. The summed E-state index contributed by atoms with van der Waals surface area (Å²) in [6.07, 6.45) is 0.880. The Hall–Kier alpha value is -1.51. The first kappa shape index (κ1) is 6.61. The maximum Gasteiger partial charge on any atom is 0.173 e. The summed E-state index contributed by atoms with van der Waals surface area (Å²) < 4.78 is 4.75. The molecule has 10 heavy (non-hydrogen) atoms. The summed E-state index contributed by atoms with van der Waals surface area (Å²) >= 11 is 0. The zero-order valence-corrected chi connectivity index (χ0v) is 5.37. The molecule has 0 saturated carbocycles. The summed E-state index contributed by atoms with van der Waals surface area (Å²) in [5.41, 5.74) is 6.10. The van der Waals surface area contributed by atoms with Gasteiger partial charge >= 0.3 is 0 Å². The van der Waals surface area contributed by atoms with Crippen LogP contribution in [0.1, 0.15) is 0 Å². The Morgan fingerprint density at radius 2 is 1.90 bits per heavy atom. The van der Waals surface area contributed by atoms with Gasteiger partial charge in [-0.3, -0.25) is 5.41 Å². The number of hydrogen-bond donors (Lipinski definition) is 2. The highest BCUT2D eigenvalue weighted by Gasteiger charge is 1.87. The minimum absolute atomic E-state index is 0.629. The average Bonchev–Trinajstić information content (AvgIpc) is 1.95. The van der Waals surface area contributed by atoms with Crippen LogP contribution < -0.4 is 10.5 Å². The first-order valence-electron chi connectivity index (χ1n) is 2.84. The van der Waals surface area contributed by atoms with E-state index < -0.39 is 0 Å². The summed E-state index contributed by atoms with van der Waals surface area (Å²) in [6, 6.07) is 6.86. The van der Waals surface area contributed by atoms with Crippen molar-refractivity contribution in [1.82, 2.24) is 0 Å². The second kappa shape index (κ2) is 2.87. The molecule has 0 heterocycles. The van der Waals surface area contributed by atoms with Gasteiger partial charge in [-0.05, 0) is 24.3 Å². The molecule has 0 unspecified atom stereocenters. The zero-order chi connectivity index (χ0) is 7.40. The third-order valence-electron chi connectivity index (χ3n) is 1.08. The van der Waals surface area contributed by atoms with Crippen LogP contribution in [-0.4, -0.2) is 6.40 Å². The molecule has 1 aromatic carbocycles. The topological polar surface area (TPSA) is 59.1 Å². The third kappa shape index (κ3) is 1.48. The van der Waals surface area contributed by atoms with E-state index in [2.05, 4.69) is 0 Å². The third-order valence-corrected chi connectivity index (χ3v) is 1.08. The van der Waals surface area contributed by atoms with Gasteiger partial charge in [0.15, 0.2) is 6.40 Å². The molecule has 0 spiro atoms. The Morgan fingerprint density at radius 1 is 1.30 bits per heavy atom. The largest absolute Gasteiger partial charge is 0.446 e. The molecule has 0 aliphatic carbocycles. The number of nitrogens with one attached hydrogen (secondary N) is 1. The lowest BCUT2D eigenvalue weighted by Crippen LogP contribution is -1.88. The Bertz CT molecular complexity index is 218. The number of anilines is 1. The molecular weight excluding hydrogens is 128 g/mol. The number of rotatable bonds is 2. The predicted molar refractivity (Wildman–Crippen MR) is 40.3 cm³/mol. The van der Waals surface area contributed by atoms with E-state index in [4.69, 9.17) is 15.9 Å². The van der Waals surface area contributed by atoms with Crippen LogP contribution in [-0.2, 0) is 0 Å². The van der Waals surface area contributed by atoms with E-state index in [-0.39, 0.29) is 0 Å². The molecule has 0 aromatic heterocycles. The lowest BCUT2D eigenvalue weighted by Gasteiger charge is -1.96. The second-order valence-corrected chi connectivity index (χ2v) is 1.80. The van der Waals surface area contributed by atoms with Crippen molar-refractivity contribution in [2.75, 3.05) is 5.73 Å². The number of ether oxygens (including phenoxy) is 1. The zero-order valence-electron chi connectivity index (χ0n) is 5.37. The number of benzene rings is 1. The molecule has 0 fully saturated rings. The summed E-state index contributed by atoms with van der Waals surface area (Å²) in [5, 5.41) is 6.62. The molecule has 1 rings (SSSR count). The number of hydrogen-bond acceptors (Lipinski definition) is 3. The van der Waals surface area contributed by atoms with Crippen molar-refractivity contribution in [2.45, 2.75) is 0 Å². The monoisotopic (exact) mass is 136 g/mol. The van der Waals surface area contributed by atoms with Crippen LogP contribution in [0.2, 0.25) is 0 Å². The van der Waals surface area contributed by atoms with E-state index in [1.54, 1.807) is 24.3 Å². The van der Waals surface area contributed by atoms with Crippen LogP contribution in [0.15, 0.2) is 24.3 Å². The summed E-state index contributed by atoms with van der Waals surface area (Å²) in [5.74, 6) is 0.629. The average molecular weight is 136 g/mol. The van der Waals surface area contributed by atoms with Gasteiger partial charge in [0.2, 0.25) is 0 Å². The van der Waals surface area contributed by atoms with Gasteiger partial charge in [-0.1, -0.05) is 0 Å². The van der Waals surface area contributed by atoms with Crippen LogP contribution in [0.25, 0.3) is 0 Å². The van der Waals surface area contributed by atoms with Gasteiger partial charge in [0, 0.05) is 5.69 Å². The van der Waals surface area contributed by atoms with Crippen LogP contribution >= 0.6 is 0 Å². The van der Waals surface area contributed by atoms with Gasteiger partial charge < -0.3 is 10.5 Å². The molecule has 0 saturated heterocycles. The van der Waals surface area contributed by atoms with Gasteiger partial charge in [-0.2, -0.15) is 0 Å². The maximum atomic E-state index is 6.62. The van der Waals surface area contributed by atoms with Gasteiger partial charge in [0.05, 0.1) is 0 Å². The minimum Gasteiger partial charge on any atom is -0.446 e. The predicted octanol–water partition coefficient (Wildman–Crippen LogP) is 1.25. The van der Waals surface area contributed by atoms with Crippen LogP contribution in [0.5, 0.6) is 5.75 Å². The fraction of sp³-hybridized carbons (Fsp3) is 0. The normalized spacial score (nSPS) is 8.80. The summed E-state index contributed by atoms with van der Waals surface area (Å²) in [4.78, 5) is 0. The van der Waals surface area contributed by atoms with Crippen molar-refractivity contribution < 1.29 is 4.74 Å². The van der Waals surface area contributed by atoms with Crippen LogP contribution in [0, 0.1) is 5.41 Å². The van der Waals surface area contributed by atoms with Gasteiger partial charge in [-0.15, -0.1) is 0 Å². The Labute approximate surface area is 58.9 Å². The molecule has 3 heteroatoms. The quantitative estimate of drug-likeness (QED) is 0.365. The standard InChI is InChI=1S/C7H8N2O/c8-5-10-7-3-1-6(9)2-4-7/h1-5,8H,9H2. The summed E-state index contributed by atoms with van der Waals surface area (Å²) in [7, 11) is 0. The Kier molecular flexibility index (Phi) is 1.89. The maximum absolute atomic E-state index is 6.62. The first-order chi connectivity index (χ1) is 4.83. The van der Waals surface area contributed by atoms with Crippen molar-refractivity contribution in [3.8, 4) is 5.75 Å². The molecule has 0 aliphatic heterocycles. The molecule has 0 atom stereocenters. The van der Waals surface area contributed by atoms with E-state index >= 15 is 0 Å². The molecule has 1 aromatic rings. The summed E-state index contributed by atoms with van der Waals surface area (Å²) in [6.45, 7) is 0. The molecule has 0 bridgehead atoms. The molecule has 3 N–H and O–H groups in total. The van der Waals surface area contributed by atoms with Crippen molar-refractivity contribution in [3.63, 3.8) is 0 Å². The fourth-order valence-electron chi connectivity index (χ4n) is 0.614. The van der Waals surface area contributed by atoms with Crippen molar-refractivity contribution >= 4 is 12.1 Å².